The van der Waals surface area contributed by atoms with E-state index in [0.29, 0.717) is 11.4 Å². The zero-order valence-electron chi connectivity index (χ0n) is 12.4. The molecule has 0 saturated carbocycles. The summed E-state index contributed by atoms with van der Waals surface area (Å²) in [5, 5.41) is 0. The van der Waals surface area contributed by atoms with Gasteiger partial charge in [-0.15, -0.1) is 0 Å². The van der Waals surface area contributed by atoms with Crippen LogP contribution in [-0.4, -0.2) is 7.11 Å². The summed E-state index contributed by atoms with van der Waals surface area (Å²) in [5.41, 5.74) is 9.74. The van der Waals surface area contributed by atoms with Crippen LogP contribution < -0.4 is 15.4 Å². The topological polar surface area (TPSA) is 38.5 Å². The second-order valence-electron chi connectivity index (χ2n) is 4.93. The van der Waals surface area contributed by atoms with Gasteiger partial charge in [-0.05, 0) is 36.4 Å². The normalized spacial score (nSPS) is 10.2. The molecule has 0 aromatic heterocycles. The van der Waals surface area contributed by atoms with Gasteiger partial charge in [-0.1, -0.05) is 36.4 Å². The average molecular weight is 290 g/mol. The Labute approximate surface area is 130 Å². The molecule has 3 heteroatoms. The summed E-state index contributed by atoms with van der Waals surface area (Å²) in [4.78, 5) is 2.17. The standard InChI is InChI=1S/C19H18N2O/c1-22-19-14-17(12-13-18(19)20)21(15-8-4-2-5-9-15)16-10-6-3-7-11-16/h2-14H,20H2,1H3. The average Bonchev–Trinajstić information content (AvgIpc) is 2.58. The van der Waals surface area contributed by atoms with Crippen LogP contribution in [0.4, 0.5) is 22.7 Å². The van der Waals surface area contributed by atoms with E-state index in [1.165, 1.54) is 0 Å². The molecule has 3 aromatic carbocycles. The molecule has 3 rings (SSSR count). The van der Waals surface area contributed by atoms with Crippen molar-refractivity contribution in [3.8, 4) is 5.75 Å². The summed E-state index contributed by atoms with van der Waals surface area (Å²) in [5.74, 6) is 0.675. The maximum absolute atomic E-state index is 5.93. The van der Waals surface area contributed by atoms with Gasteiger partial charge >= 0.3 is 0 Å². The number of anilines is 4. The van der Waals surface area contributed by atoms with E-state index in [2.05, 4.69) is 29.2 Å². The number of ether oxygens (including phenoxy) is 1. The molecule has 0 spiro atoms. The molecule has 0 heterocycles. The highest BCUT2D eigenvalue weighted by molar-refractivity contribution is 5.78. The van der Waals surface area contributed by atoms with Crippen molar-refractivity contribution in [2.45, 2.75) is 0 Å². The van der Waals surface area contributed by atoms with Gasteiger partial charge in [0, 0.05) is 23.1 Å². The van der Waals surface area contributed by atoms with Crippen LogP contribution in [0.3, 0.4) is 0 Å². The lowest BCUT2D eigenvalue weighted by Crippen LogP contribution is -2.10. The van der Waals surface area contributed by atoms with Gasteiger partial charge < -0.3 is 15.4 Å². The van der Waals surface area contributed by atoms with Crippen molar-refractivity contribution in [2.75, 3.05) is 17.7 Å². The zero-order valence-corrected chi connectivity index (χ0v) is 12.4. The highest BCUT2D eigenvalue weighted by atomic mass is 16.5. The third-order valence-electron chi connectivity index (χ3n) is 3.50. The van der Waals surface area contributed by atoms with Crippen LogP contribution in [0.25, 0.3) is 0 Å². The third-order valence-corrected chi connectivity index (χ3v) is 3.50. The smallest absolute Gasteiger partial charge is 0.143 e. The van der Waals surface area contributed by atoms with Gasteiger partial charge in [0.25, 0.3) is 0 Å². The number of nitrogens with zero attached hydrogens (tertiary/aromatic N) is 1. The molecule has 22 heavy (non-hydrogen) atoms. The SMILES string of the molecule is COc1cc(N(c2ccccc2)c2ccccc2)ccc1N. The van der Waals surface area contributed by atoms with Gasteiger partial charge in [0.15, 0.2) is 0 Å². The Morgan fingerprint density at radius 3 is 1.77 bits per heavy atom. The molecule has 2 N–H and O–H groups in total. The predicted molar refractivity (Wildman–Crippen MR) is 92.1 cm³/mol. The molecule has 0 unspecified atom stereocenters. The van der Waals surface area contributed by atoms with E-state index < -0.39 is 0 Å². The zero-order chi connectivity index (χ0) is 15.4. The number of methoxy groups -OCH3 is 1. The number of nitrogen functional groups attached to an aromatic ring is 1. The number of rotatable bonds is 4. The van der Waals surface area contributed by atoms with Crippen LogP contribution in [0.15, 0.2) is 78.9 Å². The lowest BCUT2D eigenvalue weighted by Gasteiger charge is -2.26. The third kappa shape index (κ3) is 2.74. The van der Waals surface area contributed by atoms with E-state index in [9.17, 15) is 0 Å². The molecule has 0 radical (unpaired) electrons. The first kappa shape index (κ1) is 14.0. The highest BCUT2D eigenvalue weighted by Crippen LogP contribution is 2.37. The molecule has 0 aliphatic rings. The van der Waals surface area contributed by atoms with Crippen molar-refractivity contribution in [1.82, 2.24) is 0 Å². The molecule has 3 aromatic rings. The Balaban J connectivity index is 2.14. The largest absolute Gasteiger partial charge is 0.495 e. The molecule has 0 atom stereocenters. The van der Waals surface area contributed by atoms with Crippen LogP contribution in [0.5, 0.6) is 5.75 Å². The van der Waals surface area contributed by atoms with Crippen molar-refractivity contribution in [1.29, 1.82) is 0 Å². The highest BCUT2D eigenvalue weighted by Gasteiger charge is 2.13. The minimum absolute atomic E-state index is 0.632. The number of benzene rings is 3. The molecule has 0 amide bonds. The van der Waals surface area contributed by atoms with E-state index in [0.717, 1.165) is 17.1 Å². The molecule has 0 fully saturated rings. The van der Waals surface area contributed by atoms with Crippen LogP contribution in [0.1, 0.15) is 0 Å². The molecule has 0 bridgehead atoms. The molecule has 110 valence electrons. The second-order valence-corrected chi connectivity index (χ2v) is 4.93. The fraction of sp³-hybridized carbons (Fsp3) is 0.0526. The first-order valence-corrected chi connectivity index (χ1v) is 7.13. The Bertz CT molecular complexity index is 702. The molecule has 3 nitrogen and oxygen atoms in total. The lowest BCUT2D eigenvalue weighted by atomic mass is 10.1. The molecular weight excluding hydrogens is 272 g/mol. The summed E-state index contributed by atoms with van der Waals surface area (Å²) in [6.07, 6.45) is 0. The van der Waals surface area contributed by atoms with Gasteiger partial charge in [-0.2, -0.15) is 0 Å². The van der Waals surface area contributed by atoms with E-state index in [-0.39, 0.29) is 0 Å². The Morgan fingerprint density at radius 1 is 0.727 bits per heavy atom. The first-order valence-electron chi connectivity index (χ1n) is 7.13. The van der Waals surface area contributed by atoms with Crippen LogP contribution in [0, 0.1) is 0 Å². The monoisotopic (exact) mass is 290 g/mol. The van der Waals surface area contributed by atoms with Crippen LogP contribution in [-0.2, 0) is 0 Å². The summed E-state index contributed by atoms with van der Waals surface area (Å²) in [6.45, 7) is 0. The van der Waals surface area contributed by atoms with Crippen LogP contribution in [0.2, 0.25) is 0 Å². The first-order chi connectivity index (χ1) is 10.8. The molecule has 0 aliphatic carbocycles. The van der Waals surface area contributed by atoms with Crippen molar-refractivity contribution in [3.05, 3.63) is 78.9 Å². The Kier molecular flexibility index (Phi) is 3.97. The summed E-state index contributed by atoms with van der Waals surface area (Å²) < 4.78 is 5.36. The number of para-hydroxylation sites is 2. The predicted octanol–water partition coefficient (Wildman–Crippen LogP) is 4.75. The maximum atomic E-state index is 5.93. The van der Waals surface area contributed by atoms with Gasteiger partial charge in [0.05, 0.1) is 12.8 Å². The van der Waals surface area contributed by atoms with E-state index in [1.807, 2.05) is 54.6 Å². The van der Waals surface area contributed by atoms with Gasteiger partial charge in [0.1, 0.15) is 5.75 Å². The van der Waals surface area contributed by atoms with E-state index in [4.69, 9.17) is 10.5 Å². The molecular formula is C19H18N2O. The van der Waals surface area contributed by atoms with Crippen molar-refractivity contribution >= 4 is 22.7 Å². The quantitative estimate of drug-likeness (QED) is 0.705. The van der Waals surface area contributed by atoms with Gasteiger partial charge in [-0.3, -0.25) is 0 Å². The van der Waals surface area contributed by atoms with E-state index >= 15 is 0 Å². The summed E-state index contributed by atoms with van der Waals surface area (Å²) >= 11 is 0. The number of nitrogens with two attached hydrogens (primary N) is 1. The maximum Gasteiger partial charge on any atom is 0.143 e. The number of hydrogen-bond donors (Lipinski definition) is 1. The lowest BCUT2D eigenvalue weighted by molar-refractivity contribution is 0.417. The van der Waals surface area contributed by atoms with Crippen molar-refractivity contribution in [3.63, 3.8) is 0 Å². The Morgan fingerprint density at radius 2 is 1.27 bits per heavy atom. The molecule has 0 aliphatic heterocycles. The van der Waals surface area contributed by atoms with Crippen LogP contribution >= 0.6 is 0 Å². The fourth-order valence-electron chi connectivity index (χ4n) is 2.44. The second kappa shape index (κ2) is 6.22. The minimum atomic E-state index is 0.632. The number of hydrogen-bond acceptors (Lipinski definition) is 3. The summed E-state index contributed by atoms with van der Waals surface area (Å²) in [7, 11) is 1.63. The summed E-state index contributed by atoms with van der Waals surface area (Å²) in [6, 6.07) is 26.3. The van der Waals surface area contributed by atoms with Crippen molar-refractivity contribution < 1.29 is 4.74 Å². The van der Waals surface area contributed by atoms with E-state index in [1.54, 1.807) is 7.11 Å². The fourth-order valence-corrected chi connectivity index (χ4v) is 2.44. The Hall–Kier alpha value is -2.94. The van der Waals surface area contributed by atoms with Gasteiger partial charge in [-0.25, -0.2) is 0 Å². The molecule has 0 saturated heterocycles. The minimum Gasteiger partial charge on any atom is -0.495 e. The van der Waals surface area contributed by atoms with Crippen molar-refractivity contribution in [2.24, 2.45) is 0 Å². The van der Waals surface area contributed by atoms with Gasteiger partial charge in [0.2, 0.25) is 0 Å².